The summed E-state index contributed by atoms with van der Waals surface area (Å²) in [6, 6.07) is 11.8. The predicted octanol–water partition coefficient (Wildman–Crippen LogP) is 2.63. The Morgan fingerprint density at radius 1 is 1.09 bits per heavy atom. The number of aromatic nitrogens is 1. The molecule has 0 atom stereocenters. The number of sulfonamides is 1. The lowest BCUT2D eigenvalue weighted by molar-refractivity contribution is 0.0697. The lowest BCUT2D eigenvalue weighted by Gasteiger charge is -2.34. The van der Waals surface area contributed by atoms with Crippen molar-refractivity contribution < 1.29 is 17.9 Å². The van der Waals surface area contributed by atoms with Crippen LogP contribution in [0.2, 0.25) is 0 Å². The lowest BCUT2D eigenvalue weighted by Crippen LogP contribution is -2.50. The SMILES string of the molecule is CCCn1c(=O)sc2cc(S(=O)(=O)N3CCN(C(=O)c4cccc(OC)c4)CC3)ccc21. The number of carbonyl (C=O) groups is 1. The van der Waals surface area contributed by atoms with E-state index in [1.165, 1.54) is 4.31 Å². The number of rotatable bonds is 6. The van der Waals surface area contributed by atoms with E-state index in [2.05, 4.69) is 0 Å². The van der Waals surface area contributed by atoms with Crippen molar-refractivity contribution in [1.29, 1.82) is 0 Å². The van der Waals surface area contributed by atoms with E-state index in [9.17, 15) is 18.0 Å². The summed E-state index contributed by atoms with van der Waals surface area (Å²) in [6.07, 6.45) is 0.824. The first-order valence-electron chi connectivity index (χ1n) is 10.4. The predicted molar refractivity (Wildman–Crippen MR) is 124 cm³/mol. The third-order valence-corrected chi connectivity index (χ3v) is 8.40. The summed E-state index contributed by atoms with van der Waals surface area (Å²) in [7, 11) is -2.18. The molecule has 0 radical (unpaired) electrons. The number of thiazole rings is 1. The number of fused-ring (bicyclic) bond motifs is 1. The van der Waals surface area contributed by atoms with E-state index in [1.54, 1.807) is 59.0 Å². The maximum absolute atomic E-state index is 13.2. The highest BCUT2D eigenvalue weighted by atomic mass is 32.2. The number of benzene rings is 2. The molecule has 1 aliphatic heterocycles. The Kier molecular flexibility index (Phi) is 6.36. The number of ether oxygens (including phenoxy) is 1. The fraction of sp³-hybridized carbons (Fsp3) is 0.364. The molecule has 0 aliphatic carbocycles. The minimum Gasteiger partial charge on any atom is -0.497 e. The van der Waals surface area contributed by atoms with Crippen LogP contribution in [0.3, 0.4) is 0 Å². The van der Waals surface area contributed by atoms with Crippen molar-refractivity contribution in [2.45, 2.75) is 24.8 Å². The molecule has 2 heterocycles. The molecule has 0 unspecified atom stereocenters. The number of aryl methyl sites for hydroxylation is 1. The van der Waals surface area contributed by atoms with Crippen molar-refractivity contribution >= 4 is 37.5 Å². The molecule has 10 heteroatoms. The van der Waals surface area contributed by atoms with Crippen LogP contribution in [-0.4, -0.2) is 61.4 Å². The standard InChI is InChI=1S/C22H25N3O5S2/c1-3-9-25-19-8-7-18(15-20(19)31-22(25)27)32(28,29)24-12-10-23(11-13-24)21(26)16-5-4-6-17(14-16)30-2/h4-8,14-15H,3,9-13H2,1-2H3. The van der Waals surface area contributed by atoms with Gasteiger partial charge in [0, 0.05) is 38.3 Å². The zero-order valence-corrected chi connectivity index (χ0v) is 19.6. The molecule has 1 aliphatic rings. The Morgan fingerprint density at radius 2 is 1.84 bits per heavy atom. The average Bonchev–Trinajstić information content (AvgIpc) is 3.13. The minimum absolute atomic E-state index is 0.0823. The Bertz CT molecular complexity index is 1300. The van der Waals surface area contributed by atoms with Gasteiger partial charge in [-0.15, -0.1) is 0 Å². The molecule has 32 heavy (non-hydrogen) atoms. The van der Waals surface area contributed by atoms with Gasteiger partial charge in [-0.3, -0.25) is 14.2 Å². The first kappa shape index (κ1) is 22.5. The van der Waals surface area contributed by atoms with Crippen molar-refractivity contribution in [1.82, 2.24) is 13.8 Å². The van der Waals surface area contributed by atoms with E-state index in [1.807, 2.05) is 6.92 Å². The number of piperazine rings is 1. The number of methoxy groups -OCH3 is 1. The molecule has 2 aromatic carbocycles. The second-order valence-corrected chi connectivity index (χ2v) is 10.5. The van der Waals surface area contributed by atoms with Crippen LogP contribution in [0.1, 0.15) is 23.7 Å². The van der Waals surface area contributed by atoms with Gasteiger partial charge < -0.3 is 9.64 Å². The maximum atomic E-state index is 13.2. The van der Waals surface area contributed by atoms with Gasteiger partial charge in [0.2, 0.25) is 10.0 Å². The summed E-state index contributed by atoms with van der Waals surface area (Å²) in [4.78, 5) is 26.8. The van der Waals surface area contributed by atoms with Gasteiger partial charge in [-0.2, -0.15) is 4.31 Å². The second-order valence-electron chi connectivity index (χ2n) is 7.58. The van der Waals surface area contributed by atoms with Crippen LogP contribution < -0.4 is 9.61 Å². The van der Waals surface area contributed by atoms with Crippen LogP contribution >= 0.6 is 11.3 Å². The summed E-state index contributed by atoms with van der Waals surface area (Å²) < 4.78 is 35.3. The molecule has 3 aromatic rings. The number of hydrogen-bond acceptors (Lipinski definition) is 6. The van der Waals surface area contributed by atoms with E-state index in [0.717, 1.165) is 23.3 Å². The van der Waals surface area contributed by atoms with Gasteiger partial charge >= 0.3 is 4.87 Å². The quantitative estimate of drug-likeness (QED) is 0.547. The molecule has 1 amide bonds. The van der Waals surface area contributed by atoms with Gasteiger partial charge in [0.1, 0.15) is 5.75 Å². The highest BCUT2D eigenvalue weighted by Gasteiger charge is 2.31. The average molecular weight is 476 g/mol. The Labute approximate surface area is 190 Å². The third-order valence-electron chi connectivity index (χ3n) is 5.57. The molecule has 0 bridgehead atoms. The Morgan fingerprint density at radius 3 is 2.53 bits per heavy atom. The van der Waals surface area contributed by atoms with Crippen LogP contribution in [0.25, 0.3) is 10.2 Å². The van der Waals surface area contributed by atoms with Crippen molar-refractivity contribution in [3.05, 3.63) is 57.7 Å². The Balaban J connectivity index is 1.50. The smallest absolute Gasteiger partial charge is 0.308 e. The van der Waals surface area contributed by atoms with Crippen molar-refractivity contribution in [2.24, 2.45) is 0 Å². The lowest BCUT2D eigenvalue weighted by atomic mass is 10.1. The van der Waals surface area contributed by atoms with E-state index in [0.29, 0.717) is 35.6 Å². The molecule has 0 spiro atoms. The molecule has 1 saturated heterocycles. The summed E-state index contributed by atoms with van der Waals surface area (Å²) in [5.41, 5.74) is 1.27. The normalized spacial score (nSPS) is 15.2. The van der Waals surface area contributed by atoms with Crippen LogP contribution in [0.5, 0.6) is 5.75 Å². The second kappa shape index (κ2) is 9.05. The maximum Gasteiger partial charge on any atom is 0.308 e. The summed E-state index contributed by atoms with van der Waals surface area (Å²) >= 11 is 1.06. The highest BCUT2D eigenvalue weighted by molar-refractivity contribution is 7.89. The van der Waals surface area contributed by atoms with Gasteiger partial charge in [0.05, 0.1) is 22.2 Å². The van der Waals surface area contributed by atoms with Gasteiger partial charge in [0.25, 0.3) is 5.91 Å². The first-order chi connectivity index (χ1) is 15.3. The van der Waals surface area contributed by atoms with E-state index >= 15 is 0 Å². The Hall–Kier alpha value is -2.69. The van der Waals surface area contributed by atoms with E-state index in [4.69, 9.17) is 4.74 Å². The third kappa shape index (κ3) is 4.17. The minimum atomic E-state index is -3.72. The zero-order chi connectivity index (χ0) is 22.9. The molecule has 0 saturated carbocycles. The molecule has 4 rings (SSSR count). The van der Waals surface area contributed by atoms with Gasteiger partial charge in [-0.1, -0.05) is 24.3 Å². The van der Waals surface area contributed by atoms with Crippen molar-refractivity contribution in [3.63, 3.8) is 0 Å². The van der Waals surface area contributed by atoms with Gasteiger partial charge in [-0.25, -0.2) is 8.42 Å². The largest absolute Gasteiger partial charge is 0.497 e. The number of carbonyl (C=O) groups excluding carboxylic acids is 1. The molecule has 0 N–H and O–H groups in total. The number of amides is 1. The van der Waals surface area contributed by atoms with Crippen LogP contribution in [0.15, 0.2) is 52.2 Å². The highest BCUT2D eigenvalue weighted by Crippen LogP contribution is 2.25. The van der Waals surface area contributed by atoms with E-state index < -0.39 is 10.0 Å². The molecule has 1 aromatic heterocycles. The number of nitrogens with zero attached hydrogens (tertiary/aromatic N) is 3. The zero-order valence-electron chi connectivity index (χ0n) is 18.0. The monoisotopic (exact) mass is 475 g/mol. The van der Waals surface area contributed by atoms with Crippen molar-refractivity contribution in [3.8, 4) is 5.75 Å². The molecular formula is C22H25N3O5S2. The molecular weight excluding hydrogens is 450 g/mol. The summed E-state index contributed by atoms with van der Waals surface area (Å²) in [5, 5.41) is 0. The first-order valence-corrected chi connectivity index (χ1v) is 12.7. The summed E-state index contributed by atoms with van der Waals surface area (Å²) in [5.74, 6) is 0.451. The number of hydrogen-bond donors (Lipinski definition) is 0. The van der Waals surface area contributed by atoms with Crippen molar-refractivity contribution in [2.75, 3.05) is 33.3 Å². The van der Waals surface area contributed by atoms with Crippen LogP contribution in [-0.2, 0) is 16.6 Å². The topological polar surface area (TPSA) is 88.9 Å². The van der Waals surface area contributed by atoms with Gasteiger partial charge in [0.15, 0.2) is 0 Å². The summed E-state index contributed by atoms with van der Waals surface area (Å²) in [6.45, 7) is 3.63. The van der Waals surface area contributed by atoms with Gasteiger partial charge in [-0.05, 0) is 42.8 Å². The van der Waals surface area contributed by atoms with Crippen LogP contribution in [0.4, 0.5) is 0 Å². The molecule has 1 fully saturated rings. The fourth-order valence-electron chi connectivity index (χ4n) is 3.86. The molecule has 170 valence electrons. The fourth-order valence-corrected chi connectivity index (χ4v) is 6.34. The van der Waals surface area contributed by atoms with Crippen LogP contribution in [0, 0.1) is 0 Å². The molecule has 8 nitrogen and oxygen atoms in total. The van der Waals surface area contributed by atoms with E-state index in [-0.39, 0.29) is 28.8 Å².